The van der Waals surface area contributed by atoms with E-state index in [2.05, 4.69) is 41.0 Å². The Hall–Kier alpha value is -2.69. The number of hydrogen-bond donors (Lipinski definition) is 1. The molecule has 0 aliphatic heterocycles. The van der Waals surface area contributed by atoms with Gasteiger partial charge in [0.05, 0.1) is 17.1 Å². The first-order chi connectivity index (χ1) is 11.7. The Bertz CT molecular complexity index is 878. The van der Waals surface area contributed by atoms with Gasteiger partial charge < -0.3 is 9.72 Å². The van der Waals surface area contributed by atoms with E-state index in [9.17, 15) is 4.79 Å². The lowest BCUT2D eigenvalue weighted by molar-refractivity contribution is 0.203. The molecular weight excluding hydrogens is 302 g/mol. The van der Waals surface area contributed by atoms with Gasteiger partial charge in [-0.15, -0.1) is 0 Å². The van der Waals surface area contributed by atoms with E-state index in [-0.39, 0.29) is 12.2 Å². The molecule has 1 aliphatic carbocycles. The van der Waals surface area contributed by atoms with Gasteiger partial charge in [0.2, 0.25) is 0 Å². The fourth-order valence-corrected chi connectivity index (χ4v) is 2.61. The molecule has 5 heteroatoms. The summed E-state index contributed by atoms with van der Waals surface area (Å²) in [7, 11) is 0. The third-order valence-corrected chi connectivity index (χ3v) is 4.28. The van der Waals surface area contributed by atoms with E-state index in [1.807, 2.05) is 12.2 Å². The Kier molecular flexibility index (Phi) is 4.89. The predicted octanol–water partition coefficient (Wildman–Crippen LogP) is 3.65. The number of fused-ring (bicyclic) bond motifs is 1. The summed E-state index contributed by atoms with van der Waals surface area (Å²) >= 11 is 0. The normalized spacial score (nSPS) is 15.6. The summed E-state index contributed by atoms with van der Waals surface area (Å²) in [5, 5.41) is 0.531. The van der Waals surface area contributed by atoms with Crippen LogP contribution in [0.4, 0.5) is 0 Å². The van der Waals surface area contributed by atoms with Crippen molar-refractivity contribution >= 4 is 10.9 Å². The number of allylic oxidation sites excluding steroid dienone is 5. The minimum Gasteiger partial charge on any atom is -0.486 e. The molecule has 24 heavy (non-hydrogen) atoms. The van der Waals surface area contributed by atoms with Crippen LogP contribution in [-0.4, -0.2) is 15.0 Å². The van der Waals surface area contributed by atoms with Crippen LogP contribution in [-0.2, 0) is 11.3 Å². The number of H-pyrrole nitrogens is 1. The maximum Gasteiger partial charge on any atom is 0.258 e. The molecule has 1 aliphatic rings. The highest BCUT2D eigenvalue weighted by Gasteiger charge is 2.08. The third-order valence-electron chi connectivity index (χ3n) is 4.28. The number of aromatic amines is 1. The van der Waals surface area contributed by atoms with E-state index in [4.69, 9.17) is 4.74 Å². The Morgan fingerprint density at radius 1 is 1.38 bits per heavy atom. The quantitative estimate of drug-likeness (QED) is 0.912. The van der Waals surface area contributed by atoms with Crippen molar-refractivity contribution in [2.45, 2.75) is 33.3 Å². The van der Waals surface area contributed by atoms with Gasteiger partial charge in [0, 0.05) is 6.20 Å². The minimum absolute atomic E-state index is 0.176. The second-order valence-corrected chi connectivity index (χ2v) is 5.92. The highest BCUT2D eigenvalue weighted by molar-refractivity contribution is 5.75. The molecule has 2 heterocycles. The summed E-state index contributed by atoms with van der Waals surface area (Å²) in [5.74, 6) is 1.82. The molecule has 0 fully saturated rings. The number of aromatic nitrogens is 3. The Morgan fingerprint density at radius 2 is 2.25 bits per heavy atom. The second-order valence-electron chi connectivity index (χ2n) is 5.92. The van der Waals surface area contributed by atoms with Crippen LogP contribution in [0.5, 0.6) is 0 Å². The standard InChI is InChI=1S/C19H21N3O2/c1-3-13(2)14-5-4-6-15(8-7-14)24-12-18-21-17-11-20-10-9-16(17)19(23)22-18/h4,6-11,13H,3,5,12H2,1-2H3,(H,21,22,23). The van der Waals surface area contributed by atoms with Gasteiger partial charge in [0.25, 0.3) is 5.56 Å². The summed E-state index contributed by atoms with van der Waals surface area (Å²) < 4.78 is 5.79. The Balaban J connectivity index is 1.75. The molecule has 0 radical (unpaired) electrons. The first-order valence-corrected chi connectivity index (χ1v) is 8.20. The molecule has 2 aromatic heterocycles. The molecular formula is C19H21N3O2. The highest BCUT2D eigenvalue weighted by Crippen LogP contribution is 2.22. The summed E-state index contributed by atoms with van der Waals surface area (Å²) in [6.45, 7) is 4.64. The van der Waals surface area contributed by atoms with Crippen LogP contribution < -0.4 is 5.56 Å². The van der Waals surface area contributed by atoms with Gasteiger partial charge in [-0.3, -0.25) is 9.78 Å². The first-order valence-electron chi connectivity index (χ1n) is 8.20. The molecule has 2 aromatic rings. The van der Waals surface area contributed by atoms with Crippen LogP contribution in [0.3, 0.4) is 0 Å². The van der Waals surface area contributed by atoms with Crippen molar-refractivity contribution in [1.82, 2.24) is 15.0 Å². The van der Waals surface area contributed by atoms with Gasteiger partial charge in [-0.05, 0) is 37.0 Å². The molecule has 0 spiro atoms. The topological polar surface area (TPSA) is 67.9 Å². The predicted molar refractivity (Wildman–Crippen MR) is 94.3 cm³/mol. The maximum absolute atomic E-state index is 12.0. The van der Waals surface area contributed by atoms with Crippen LogP contribution in [0.2, 0.25) is 0 Å². The molecule has 1 atom stereocenters. The number of ether oxygens (including phenoxy) is 1. The average Bonchev–Trinajstić information content (AvgIpc) is 2.85. The van der Waals surface area contributed by atoms with Crippen molar-refractivity contribution in [2.75, 3.05) is 0 Å². The molecule has 1 unspecified atom stereocenters. The van der Waals surface area contributed by atoms with Gasteiger partial charge in [0.15, 0.2) is 0 Å². The number of nitrogens with zero attached hydrogens (tertiary/aromatic N) is 2. The highest BCUT2D eigenvalue weighted by atomic mass is 16.5. The van der Waals surface area contributed by atoms with Crippen molar-refractivity contribution in [1.29, 1.82) is 0 Å². The smallest absolute Gasteiger partial charge is 0.258 e. The molecule has 124 valence electrons. The molecule has 0 aromatic carbocycles. The van der Waals surface area contributed by atoms with Gasteiger partial charge in [-0.2, -0.15) is 0 Å². The van der Waals surface area contributed by atoms with Gasteiger partial charge in [-0.1, -0.05) is 31.6 Å². The first kappa shape index (κ1) is 16.2. The van der Waals surface area contributed by atoms with E-state index < -0.39 is 0 Å². The molecule has 0 bridgehead atoms. The Labute approximate surface area is 140 Å². The minimum atomic E-state index is -0.176. The van der Waals surface area contributed by atoms with Gasteiger partial charge >= 0.3 is 0 Å². The summed E-state index contributed by atoms with van der Waals surface area (Å²) in [6.07, 6.45) is 13.4. The number of nitrogens with one attached hydrogen (secondary N) is 1. The number of hydrogen-bond acceptors (Lipinski definition) is 4. The average molecular weight is 323 g/mol. The van der Waals surface area contributed by atoms with E-state index in [1.54, 1.807) is 18.5 Å². The fourth-order valence-electron chi connectivity index (χ4n) is 2.61. The molecule has 5 nitrogen and oxygen atoms in total. The van der Waals surface area contributed by atoms with E-state index in [0.29, 0.717) is 22.6 Å². The Morgan fingerprint density at radius 3 is 3.08 bits per heavy atom. The zero-order chi connectivity index (χ0) is 16.9. The van der Waals surface area contributed by atoms with E-state index in [0.717, 1.165) is 18.6 Å². The SMILES string of the molecule is CCC(C)C1=CC=C(OCc2nc3cnccc3c(=O)[nH]2)C=CC1. The second kappa shape index (κ2) is 7.25. The van der Waals surface area contributed by atoms with E-state index in [1.165, 1.54) is 5.57 Å². The largest absolute Gasteiger partial charge is 0.486 e. The van der Waals surface area contributed by atoms with Crippen LogP contribution >= 0.6 is 0 Å². The number of pyridine rings is 1. The van der Waals surface area contributed by atoms with Crippen molar-refractivity contribution in [3.8, 4) is 0 Å². The van der Waals surface area contributed by atoms with Crippen molar-refractivity contribution < 1.29 is 4.74 Å². The molecule has 0 saturated carbocycles. The molecule has 3 rings (SSSR count). The van der Waals surface area contributed by atoms with Gasteiger partial charge in [0.1, 0.15) is 18.2 Å². The van der Waals surface area contributed by atoms with Crippen LogP contribution in [0.1, 0.15) is 32.5 Å². The molecule has 1 N–H and O–H groups in total. The van der Waals surface area contributed by atoms with Crippen molar-refractivity contribution in [3.05, 3.63) is 70.3 Å². The molecule has 0 saturated heterocycles. The van der Waals surface area contributed by atoms with Crippen molar-refractivity contribution in [3.63, 3.8) is 0 Å². The zero-order valence-corrected chi connectivity index (χ0v) is 14.0. The van der Waals surface area contributed by atoms with Gasteiger partial charge in [-0.25, -0.2) is 4.98 Å². The maximum atomic E-state index is 12.0. The monoisotopic (exact) mass is 323 g/mol. The lowest BCUT2D eigenvalue weighted by Gasteiger charge is -2.10. The lowest BCUT2D eigenvalue weighted by atomic mass is 9.96. The lowest BCUT2D eigenvalue weighted by Crippen LogP contribution is -2.12. The zero-order valence-electron chi connectivity index (χ0n) is 14.0. The van der Waals surface area contributed by atoms with Crippen LogP contribution in [0.25, 0.3) is 10.9 Å². The molecule has 0 amide bonds. The number of rotatable bonds is 5. The summed E-state index contributed by atoms with van der Waals surface area (Å²) in [4.78, 5) is 23.2. The van der Waals surface area contributed by atoms with Crippen molar-refractivity contribution in [2.24, 2.45) is 5.92 Å². The third kappa shape index (κ3) is 3.62. The van der Waals surface area contributed by atoms with E-state index >= 15 is 0 Å². The van der Waals surface area contributed by atoms with Crippen LogP contribution in [0, 0.1) is 5.92 Å². The summed E-state index contributed by atoms with van der Waals surface area (Å²) in [6, 6.07) is 1.66. The van der Waals surface area contributed by atoms with Crippen LogP contribution in [0.15, 0.2) is 58.9 Å². The fraction of sp³-hybridized carbons (Fsp3) is 0.316. The summed E-state index contributed by atoms with van der Waals surface area (Å²) in [5.41, 5.74) is 1.80.